The molecule has 0 aliphatic carbocycles. The second-order valence-electron chi connectivity index (χ2n) is 9.79. The van der Waals surface area contributed by atoms with Gasteiger partial charge in [-0.2, -0.15) is 5.10 Å². The molecular formula is C28H35FN4O3. The van der Waals surface area contributed by atoms with Crippen LogP contribution in [0.4, 0.5) is 4.39 Å². The van der Waals surface area contributed by atoms with E-state index in [1.807, 2.05) is 45.0 Å². The maximum atomic E-state index is 13.6. The van der Waals surface area contributed by atoms with Crippen molar-refractivity contribution in [3.05, 3.63) is 71.0 Å². The van der Waals surface area contributed by atoms with Crippen LogP contribution in [0.25, 0.3) is 0 Å². The minimum absolute atomic E-state index is 0.0378. The molecule has 2 heterocycles. The molecular weight excluding hydrogens is 459 g/mol. The van der Waals surface area contributed by atoms with E-state index < -0.39 is 0 Å². The number of amides is 2. The first-order valence-corrected chi connectivity index (χ1v) is 12.6. The Labute approximate surface area is 212 Å². The van der Waals surface area contributed by atoms with Crippen molar-refractivity contribution < 1.29 is 18.7 Å². The fourth-order valence-electron chi connectivity index (χ4n) is 4.56. The lowest BCUT2D eigenvalue weighted by molar-refractivity contribution is -0.143. The highest BCUT2D eigenvalue weighted by Gasteiger charge is 2.34. The summed E-state index contributed by atoms with van der Waals surface area (Å²) >= 11 is 0. The number of morpholine rings is 1. The maximum absolute atomic E-state index is 13.6. The molecule has 0 N–H and O–H groups in total. The summed E-state index contributed by atoms with van der Waals surface area (Å²) in [6, 6.07) is 14.0. The largest absolute Gasteiger partial charge is 0.379 e. The van der Waals surface area contributed by atoms with E-state index >= 15 is 0 Å². The van der Waals surface area contributed by atoms with Crippen molar-refractivity contribution in [3.63, 3.8) is 0 Å². The van der Waals surface area contributed by atoms with Gasteiger partial charge in [-0.3, -0.25) is 14.5 Å². The standard InChI is InChI=1S/C28H35FN4O3/c1-20(2)28(35)32(13-12-31-14-16-36-17-15-31)19-27(34)33-26(23-6-4-21(3)5-7-23)18-25(30-33)22-8-10-24(29)11-9-22/h4-11,20,26H,12-19H2,1-3H3/t26-/m1/s1. The zero-order chi connectivity index (χ0) is 25.7. The molecule has 2 amide bonds. The van der Waals surface area contributed by atoms with E-state index in [0.29, 0.717) is 32.7 Å². The number of halogens is 1. The van der Waals surface area contributed by atoms with Crippen LogP contribution in [0.1, 0.15) is 43.0 Å². The molecule has 0 aromatic heterocycles. The third-order valence-corrected chi connectivity index (χ3v) is 6.73. The monoisotopic (exact) mass is 494 g/mol. The Morgan fingerprint density at radius 2 is 1.75 bits per heavy atom. The van der Waals surface area contributed by atoms with Crippen LogP contribution >= 0.6 is 0 Å². The molecule has 192 valence electrons. The number of nitrogens with zero attached hydrogens (tertiary/aromatic N) is 4. The Morgan fingerprint density at radius 3 is 2.39 bits per heavy atom. The van der Waals surface area contributed by atoms with E-state index in [2.05, 4.69) is 10.0 Å². The number of hydrazone groups is 1. The average molecular weight is 495 g/mol. The fourth-order valence-corrected chi connectivity index (χ4v) is 4.56. The lowest BCUT2D eigenvalue weighted by Gasteiger charge is -2.31. The van der Waals surface area contributed by atoms with Crippen LogP contribution in [-0.4, -0.2) is 78.3 Å². The molecule has 1 fully saturated rings. The smallest absolute Gasteiger partial charge is 0.262 e. The summed E-state index contributed by atoms with van der Waals surface area (Å²) < 4.78 is 18.9. The SMILES string of the molecule is Cc1ccc([C@H]2CC(c3ccc(F)cc3)=NN2C(=O)CN(CCN2CCOCC2)C(=O)C(C)C)cc1. The van der Waals surface area contributed by atoms with Crippen LogP contribution in [0.3, 0.4) is 0 Å². The number of carbonyl (C=O) groups is 2. The Morgan fingerprint density at radius 1 is 1.08 bits per heavy atom. The first-order chi connectivity index (χ1) is 17.3. The van der Waals surface area contributed by atoms with Crippen LogP contribution in [-0.2, 0) is 14.3 Å². The van der Waals surface area contributed by atoms with Crippen LogP contribution in [0.5, 0.6) is 0 Å². The zero-order valence-electron chi connectivity index (χ0n) is 21.3. The molecule has 4 rings (SSSR count). The molecule has 36 heavy (non-hydrogen) atoms. The van der Waals surface area contributed by atoms with Gasteiger partial charge in [0.1, 0.15) is 12.4 Å². The molecule has 2 aromatic carbocycles. The number of aryl methyl sites for hydroxylation is 1. The van der Waals surface area contributed by atoms with Crippen molar-refractivity contribution in [2.75, 3.05) is 45.9 Å². The molecule has 8 heteroatoms. The average Bonchev–Trinajstić information content (AvgIpc) is 3.33. The van der Waals surface area contributed by atoms with Gasteiger partial charge in [0, 0.05) is 38.5 Å². The molecule has 2 aliphatic heterocycles. The normalized spacial score (nSPS) is 18.4. The quantitative estimate of drug-likeness (QED) is 0.562. The van der Waals surface area contributed by atoms with Gasteiger partial charge in [-0.15, -0.1) is 0 Å². The molecule has 1 atom stereocenters. The van der Waals surface area contributed by atoms with Crippen molar-refractivity contribution in [2.45, 2.75) is 33.2 Å². The van der Waals surface area contributed by atoms with Crippen LogP contribution in [0.2, 0.25) is 0 Å². The van der Waals surface area contributed by atoms with E-state index in [-0.39, 0.29) is 36.1 Å². The number of carbonyl (C=O) groups excluding carboxylic acids is 2. The first kappa shape index (κ1) is 26.0. The topological polar surface area (TPSA) is 65.5 Å². The lowest BCUT2D eigenvalue weighted by atomic mass is 9.97. The van der Waals surface area contributed by atoms with Gasteiger partial charge in [-0.25, -0.2) is 9.40 Å². The number of ether oxygens (including phenoxy) is 1. The van der Waals surface area contributed by atoms with Crippen molar-refractivity contribution >= 4 is 17.5 Å². The highest BCUT2D eigenvalue weighted by Crippen LogP contribution is 2.33. The van der Waals surface area contributed by atoms with Gasteiger partial charge in [0.05, 0.1) is 25.0 Å². The van der Waals surface area contributed by atoms with E-state index in [1.54, 1.807) is 17.0 Å². The Hall–Kier alpha value is -3.10. The van der Waals surface area contributed by atoms with Gasteiger partial charge >= 0.3 is 0 Å². The third-order valence-electron chi connectivity index (χ3n) is 6.73. The van der Waals surface area contributed by atoms with Gasteiger partial charge in [-0.1, -0.05) is 55.8 Å². The second kappa shape index (κ2) is 11.8. The molecule has 2 aromatic rings. The van der Waals surface area contributed by atoms with E-state index in [0.717, 1.165) is 35.5 Å². The van der Waals surface area contributed by atoms with E-state index in [1.165, 1.54) is 17.1 Å². The summed E-state index contributed by atoms with van der Waals surface area (Å²) in [7, 11) is 0. The van der Waals surface area contributed by atoms with Crippen LogP contribution in [0, 0.1) is 18.7 Å². The maximum Gasteiger partial charge on any atom is 0.262 e. The second-order valence-corrected chi connectivity index (χ2v) is 9.79. The number of benzene rings is 2. The van der Waals surface area contributed by atoms with Gasteiger partial charge in [-0.05, 0) is 30.2 Å². The number of hydrogen-bond donors (Lipinski definition) is 0. The molecule has 0 bridgehead atoms. The van der Waals surface area contributed by atoms with E-state index in [9.17, 15) is 14.0 Å². The first-order valence-electron chi connectivity index (χ1n) is 12.6. The Bertz CT molecular complexity index is 1080. The highest BCUT2D eigenvalue weighted by atomic mass is 19.1. The Balaban J connectivity index is 1.55. The predicted octanol–water partition coefficient (Wildman–Crippen LogP) is 3.63. The van der Waals surface area contributed by atoms with E-state index in [4.69, 9.17) is 4.74 Å². The van der Waals surface area contributed by atoms with Crippen molar-refractivity contribution in [1.29, 1.82) is 0 Å². The Kier molecular flexibility index (Phi) is 8.48. The summed E-state index contributed by atoms with van der Waals surface area (Å²) in [6.07, 6.45) is 0.520. The molecule has 2 aliphatic rings. The highest BCUT2D eigenvalue weighted by molar-refractivity contribution is 6.03. The van der Waals surface area contributed by atoms with Crippen molar-refractivity contribution in [1.82, 2.24) is 14.8 Å². The molecule has 0 saturated carbocycles. The molecule has 0 spiro atoms. The predicted molar refractivity (Wildman–Crippen MR) is 137 cm³/mol. The van der Waals surface area contributed by atoms with Gasteiger partial charge in [0.15, 0.2) is 0 Å². The summed E-state index contributed by atoms with van der Waals surface area (Å²) in [6.45, 7) is 9.87. The molecule has 0 radical (unpaired) electrons. The number of hydrogen-bond acceptors (Lipinski definition) is 5. The zero-order valence-corrected chi connectivity index (χ0v) is 21.3. The lowest BCUT2D eigenvalue weighted by Crippen LogP contribution is -2.47. The molecule has 1 saturated heterocycles. The third kappa shape index (κ3) is 6.36. The van der Waals surface area contributed by atoms with Gasteiger partial charge in [0.25, 0.3) is 5.91 Å². The summed E-state index contributed by atoms with van der Waals surface area (Å²) in [5.41, 5.74) is 3.62. The fraction of sp³-hybridized carbons (Fsp3) is 0.464. The molecule has 0 unspecified atom stereocenters. The van der Waals surface area contributed by atoms with Crippen LogP contribution in [0.15, 0.2) is 53.6 Å². The minimum atomic E-state index is -0.316. The van der Waals surface area contributed by atoms with Gasteiger partial charge < -0.3 is 9.64 Å². The summed E-state index contributed by atoms with van der Waals surface area (Å²) in [5.74, 6) is -0.810. The molecule has 7 nitrogen and oxygen atoms in total. The summed E-state index contributed by atoms with van der Waals surface area (Å²) in [5, 5.41) is 6.20. The van der Waals surface area contributed by atoms with Crippen molar-refractivity contribution in [2.24, 2.45) is 11.0 Å². The summed E-state index contributed by atoms with van der Waals surface area (Å²) in [4.78, 5) is 30.6. The van der Waals surface area contributed by atoms with Crippen LogP contribution < -0.4 is 0 Å². The van der Waals surface area contributed by atoms with Gasteiger partial charge in [0.2, 0.25) is 5.91 Å². The number of rotatable bonds is 8. The van der Waals surface area contributed by atoms with Crippen molar-refractivity contribution in [3.8, 4) is 0 Å². The minimum Gasteiger partial charge on any atom is -0.379 e.